The number of para-hydroxylation sites is 1. The number of carbonyl (C=O) groups excluding carboxylic acids is 1. The van der Waals surface area contributed by atoms with Gasteiger partial charge in [0.15, 0.2) is 0 Å². The van der Waals surface area contributed by atoms with Crippen LogP contribution in [0.1, 0.15) is 34.0 Å². The van der Waals surface area contributed by atoms with E-state index >= 15 is 0 Å². The molecule has 1 amide bonds. The number of amides is 1. The Bertz CT molecular complexity index is 1250. The predicted molar refractivity (Wildman–Crippen MR) is 124 cm³/mol. The molecule has 5 nitrogen and oxygen atoms in total. The number of carbonyl (C=O) groups is 1. The number of nitrogens with zero attached hydrogens (tertiary/aromatic N) is 2. The fourth-order valence-corrected chi connectivity index (χ4v) is 5.41. The third kappa shape index (κ3) is 3.72. The Morgan fingerprint density at radius 1 is 1.00 bits per heavy atom. The number of aryl methyl sites for hydroxylation is 2. The van der Waals surface area contributed by atoms with Gasteiger partial charge < -0.3 is 4.90 Å². The van der Waals surface area contributed by atoms with Gasteiger partial charge in [-0.05, 0) is 74.7 Å². The number of hydrogen-bond acceptors (Lipinski definition) is 3. The lowest BCUT2D eigenvalue weighted by Gasteiger charge is -2.25. The maximum absolute atomic E-state index is 13.3. The van der Waals surface area contributed by atoms with E-state index in [9.17, 15) is 13.2 Å². The fourth-order valence-electron chi connectivity index (χ4n) is 4.15. The van der Waals surface area contributed by atoms with Crippen molar-refractivity contribution in [2.75, 3.05) is 16.3 Å². The Labute approximate surface area is 184 Å². The van der Waals surface area contributed by atoms with E-state index in [4.69, 9.17) is 0 Å². The number of sulfonamides is 1. The average Bonchev–Trinajstić information content (AvgIpc) is 3.08. The van der Waals surface area contributed by atoms with Crippen LogP contribution in [0.4, 0.5) is 11.4 Å². The van der Waals surface area contributed by atoms with Crippen LogP contribution in [0.2, 0.25) is 0 Å². The van der Waals surface area contributed by atoms with Gasteiger partial charge in [0.05, 0.1) is 10.6 Å². The quantitative estimate of drug-likeness (QED) is 0.597. The Morgan fingerprint density at radius 2 is 1.68 bits per heavy atom. The highest BCUT2D eigenvalue weighted by Crippen LogP contribution is 2.34. The second kappa shape index (κ2) is 7.85. The maximum atomic E-state index is 13.3. The van der Waals surface area contributed by atoms with E-state index in [2.05, 4.69) is 6.07 Å². The van der Waals surface area contributed by atoms with Crippen molar-refractivity contribution in [3.05, 3.63) is 89.0 Å². The normalized spacial score (nSPS) is 15.6. The minimum absolute atomic E-state index is 0.0730. The molecule has 1 atom stereocenters. The zero-order valence-electron chi connectivity index (χ0n) is 18.2. The molecule has 3 aromatic rings. The Kier molecular flexibility index (Phi) is 5.35. The summed E-state index contributed by atoms with van der Waals surface area (Å²) in [6, 6.07) is 20.0. The van der Waals surface area contributed by atoms with Crippen LogP contribution < -0.4 is 9.21 Å². The van der Waals surface area contributed by atoms with Crippen molar-refractivity contribution in [1.29, 1.82) is 0 Å². The van der Waals surface area contributed by atoms with Gasteiger partial charge in [0.25, 0.3) is 15.9 Å². The summed E-state index contributed by atoms with van der Waals surface area (Å²) in [4.78, 5) is 15.4. The Balaban J connectivity index is 1.64. The van der Waals surface area contributed by atoms with E-state index in [0.29, 0.717) is 11.3 Å². The number of rotatable bonds is 4. The monoisotopic (exact) mass is 434 g/mol. The van der Waals surface area contributed by atoms with Crippen molar-refractivity contribution in [3.63, 3.8) is 0 Å². The number of anilines is 2. The van der Waals surface area contributed by atoms with Gasteiger partial charge in [0.2, 0.25) is 0 Å². The molecule has 4 rings (SSSR count). The molecule has 0 spiro atoms. The second-order valence-corrected chi connectivity index (χ2v) is 10.1. The van der Waals surface area contributed by atoms with Crippen LogP contribution in [0.3, 0.4) is 0 Å². The summed E-state index contributed by atoms with van der Waals surface area (Å²) in [6.07, 6.45) is 0.830. The summed E-state index contributed by atoms with van der Waals surface area (Å²) in [6.45, 7) is 5.79. The molecular formula is C25H26N2O3S. The van der Waals surface area contributed by atoms with E-state index in [1.807, 2.05) is 43.9 Å². The van der Waals surface area contributed by atoms with Gasteiger partial charge in [-0.3, -0.25) is 9.10 Å². The third-order valence-corrected chi connectivity index (χ3v) is 7.67. The van der Waals surface area contributed by atoms with Crippen molar-refractivity contribution >= 4 is 27.3 Å². The molecule has 0 N–H and O–H groups in total. The molecule has 0 aliphatic carbocycles. The molecule has 160 valence electrons. The first-order valence-electron chi connectivity index (χ1n) is 10.3. The molecule has 1 heterocycles. The van der Waals surface area contributed by atoms with Gasteiger partial charge in [0.1, 0.15) is 0 Å². The van der Waals surface area contributed by atoms with Crippen molar-refractivity contribution in [2.24, 2.45) is 0 Å². The third-order valence-electron chi connectivity index (χ3n) is 5.89. The number of hydrogen-bond donors (Lipinski definition) is 0. The van der Waals surface area contributed by atoms with Crippen LogP contribution in [0.5, 0.6) is 0 Å². The molecule has 1 aliphatic rings. The van der Waals surface area contributed by atoms with E-state index < -0.39 is 10.0 Å². The lowest BCUT2D eigenvalue weighted by atomic mass is 10.1. The molecule has 3 aromatic carbocycles. The molecule has 0 radical (unpaired) electrons. The molecule has 0 saturated heterocycles. The van der Waals surface area contributed by atoms with Crippen molar-refractivity contribution in [3.8, 4) is 0 Å². The summed E-state index contributed by atoms with van der Waals surface area (Å²) in [7, 11) is -2.15. The SMILES string of the molecule is Cc1ccc(S(=O)(=O)N(C)c2ccc(C(=O)N3c4ccccc4C[C@H]3C)cc2C)cc1. The zero-order chi connectivity index (χ0) is 22.3. The summed E-state index contributed by atoms with van der Waals surface area (Å²) < 4.78 is 27.4. The molecular weight excluding hydrogens is 408 g/mol. The highest BCUT2D eigenvalue weighted by atomic mass is 32.2. The van der Waals surface area contributed by atoms with E-state index in [-0.39, 0.29) is 16.8 Å². The van der Waals surface area contributed by atoms with Crippen molar-refractivity contribution < 1.29 is 13.2 Å². The van der Waals surface area contributed by atoms with Crippen LogP contribution in [-0.2, 0) is 16.4 Å². The lowest BCUT2D eigenvalue weighted by molar-refractivity contribution is 0.0981. The van der Waals surface area contributed by atoms with Gasteiger partial charge in [0, 0.05) is 24.3 Å². The van der Waals surface area contributed by atoms with Gasteiger partial charge >= 0.3 is 0 Å². The first kappa shape index (κ1) is 21.1. The standard InChI is InChI=1S/C25H26N2O3S/c1-17-9-12-22(13-10-17)31(29,30)26(4)23-14-11-21(15-18(23)2)25(28)27-19(3)16-20-7-5-6-8-24(20)27/h5-15,19H,16H2,1-4H3/t19-/m1/s1. The number of benzene rings is 3. The van der Waals surface area contributed by atoms with E-state index in [1.54, 1.807) is 42.5 Å². The van der Waals surface area contributed by atoms with E-state index in [1.165, 1.54) is 16.9 Å². The Hall–Kier alpha value is -3.12. The first-order valence-corrected chi connectivity index (χ1v) is 11.7. The summed E-state index contributed by atoms with van der Waals surface area (Å²) in [5, 5.41) is 0. The van der Waals surface area contributed by atoms with Gasteiger partial charge in [-0.2, -0.15) is 0 Å². The second-order valence-electron chi connectivity index (χ2n) is 8.14. The predicted octanol–water partition coefficient (Wildman–Crippen LogP) is 4.72. The molecule has 0 aromatic heterocycles. The zero-order valence-corrected chi connectivity index (χ0v) is 19.0. The number of fused-ring (bicyclic) bond motifs is 1. The average molecular weight is 435 g/mol. The molecule has 1 aliphatic heterocycles. The van der Waals surface area contributed by atoms with Gasteiger partial charge in [-0.25, -0.2) is 8.42 Å². The molecule has 0 bridgehead atoms. The minimum Gasteiger partial charge on any atom is -0.305 e. The van der Waals surface area contributed by atoms with Crippen LogP contribution in [0, 0.1) is 13.8 Å². The fraction of sp³-hybridized carbons (Fsp3) is 0.240. The summed E-state index contributed by atoms with van der Waals surface area (Å²) in [5.41, 5.74) is 4.93. The van der Waals surface area contributed by atoms with Crippen molar-refractivity contribution in [1.82, 2.24) is 0 Å². The van der Waals surface area contributed by atoms with Gasteiger partial charge in [-0.1, -0.05) is 35.9 Å². The largest absolute Gasteiger partial charge is 0.305 e. The topological polar surface area (TPSA) is 57.7 Å². The van der Waals surface area contributed by atoms with Crippen LogP contribution in [0.15, 0.2) is 71.6 Å². The lowest BCUT2D eigenvalue weighted by Crippen LogP contribution is -2.35. The molecule has 0 saturated carbocycles. The van der Waals surface area contributed by atoms with Gasteiger partial charge in [-0.15, -0.1) is 0 Å². The molecule has 6 heteroatoms. The van der Waals surface area contributed by atoms with Crippen molar-refractivity contribution in [2.45, 2.75) is 38.1 Å². The maximum Gasteiger partial charge on any atom is 0.264 e. The Morgan fingerprint density at radius 3 is 2.35 bits per heavy atom. The van der Waals surface area contributed by atoms with Crippen LogP contribution in [-0.4, -0.2) is 27.4 Å². The minimum atomic E-state index is -3.69. The first-order chi connectivity index (χ1) is 14.7. The molecule has 0 fully saturated rings. The smallest absolute Gasteiger partial charge is 0.264 e. The molecule has 0 unspecified atom stereocenters. The van der Waals surface area contributed by atoms with Crippen LogP contribution >= 0.6 is 0 Å². The summed E-state index contributed by atoms with van der Waals surface area (Å²) >= 11 is 0. The highest BCUT2D eigenvalue weighted by Gasteiger charge is 2.31. The highest BCUT2D eigenvalue weighted by molar-refractivity contribution is 7.92. The molecule has 31 heavy (non-hydrogen) atoms. The summed E-state index contributed by atoms with van der Waals surface area (Å²) in [5.74, 6) is -0.0730. The van der Waals surface area contributed by atoms with E-state index in [0.717, 1.165) is 23.2 Å². The van der Waals surface area contributed by atoms with Crippen LogP contribution in [0.25, 0.3) is 0 Å².